The fourth-order valence-corrected chi connectivity index (χ4v) is 2.12. The fraction of sp³-hybridized carbons (Fsp3) is 0.214. The van der Waals surface area contributed by atoms with Gasteiger partial charge in [-0.2, -0.15) is 0 Å². The molecule has 0 saturated heterocycles. The van der Waals surface area contributed by atoms with Crippen LogP contribution in [-0.4, -0.2) is 21.8 Å². The number of nitrogens with one attached hydrogen (secondary N) is 2. The van der Waals surface area contributed by atoms with Gasteiger partial charge in [0, 0.05) is 6.20 Å². The number of thioether (sulfide) groups is 1. The lowest BCUT2D eigenvalue weighted by molar-refractivity contribution is 0.251. The molecule has 0 unspecified atom stereocenters. The zero-order valence-electron chi connectivity index (χ0n) is 11.2. The molecule has 0 aromatic carbocycles. The van der Waals surface area contributed by atoms with E-state index in [1.54, 1.807) is 24.2 Å². The summed E-state index contributed by atoms with van der Waals surface area (Å²) in [6, 6.07) is 9.04. The van der Waals surface area contributed by atoms with Crippen LogP contribution in [0.5, 0.6) is 0 Å². The third kappa shape index (κ3) is 4.55. The molecule has 0 spiro atoms. The molecule has 6 heteroatoms. The Labute approximate surface area is 122 Å². The third-order valence-electron chi connectivity index (χ3n) is 2.44. The molecule has 0 saturated carbocycles. The number of nitrogens with zero attached hydrogens (tertiary/aromatic N) is 2. The highest BCUT2D eigenvalue weighted by atomic mass is 32.2. The van der Waals surface area contributed by atoms with Crippen molar-refractivity contribution in [3.8, 4) is 0 Å². The summed E-state index contributed by atoms with van der Waals surface area (Å²) < 4.78 is 0. The van der Waals surface area contributed by atoms with Crippen LogP contribution in [0, 0.1) is 0 Å². The van der Waals surface area contributed by atoms with Gasteiger partial charge in [0.2, 0.25) is 0 Å². The summed E-state index contributed by atoms with van der Waals surface area (Å²) in [5.74, 6) is 0.977. The predicted molar refractivity (Wildman–Crippen MR) is 80.7 cm³/mol. The van der Waals surface area contributed by atoms with Crippen LogP contribution in [-0.2, 0) is 6.54 Å². The largest absolute Gasteiger partial charge is 0.332 e. The van der Waals surface area contributed by atoms with Crippen molar-refractivity contribution in [2.75, 3.05) is 11.1 Å². The molecule has 5 nitrogen and oxygen atoms in total. The number of rotatable bonds is 5. The molecule has 0 aliphatic heterocycles. The Bertz CT molecular complexity index is 545. The van der Waals surface area contributed by atoms with Crippen molar-refractivity contribution in [1.82, 2.24) is 15.3 Å². The first-order valence-corrected chi connectivity index (χ1v) is 7.30. The van der Waals surface area contributed by atoms with Crippen LogP contribution in [0.3, 0.4) is 0 Å². The van der Waals surface area contributed by atoms with Crippen molar-refractivity contribution in [2.24, 2.45) is 0 Å². The molecule has 2 N–H and O–H groups in total. The highest BCUT2D eigenvalue weighted by molar-refractivity contribution is 7.99. The first kappa shape index (κ1) is 14.3. The van der Waals surface area contributed by atoms with Crippen molar-refractivity contribution in [1.29, 1.82) is 0 Å². The average Bonchev–Trinajstić information content (AvgIpc) is 2.49. The van der Waals surface area contributed by atoms with E-state index in [9.17, 15) is 4.79 Å². The van der Waals surface area contributed by atoms with Crippen LogP contribution in [0.1, 0.15) is 12.6 Å². The smallest absolute Gasteiger partial charge is 0.319 e. The van der Waals surface area contributed by atoms with Crippen molar-refractivity contribution >= 4 is 23.5 Å². The van der Waals surface area contributed by atoms with Gasteiger partial charge in [-0.3, -0.25) is 4.98 Å². The molecule has 0 aliphatic rings. The zero-order valence-corrected chi connectivity index (χ0v) is 12.0. The minimum absolute atomic E-state index is 0.270. The van der Waals surface area contributed by atoms with Gasteiger partial charge in [-0.25, -0.2) is 9.78 Å². The van der Waals surface area contributed by atoms with E-state index < -0.39 is 0 Å². The Hall–Kier alpha value is -2.08. The molecule has 2 aromatic heterocycles. The van der Waals surface area contributed by atoms with Crippen molar-refractivity contribution < 1.29 is 4.79 Å². The van der Waals surface area contributed by atoms with E-state index in [4.69, 9.17) is 0 Å². The van der Waals surface area contributed by atoms with E-state index in [0.717, 1.165) is 16.5 Å². The highest BCUT2D eigenvalue weighted by Crippen LogP contribution is 2.16. The molecule has 104 valence electrons. The van der Waals surface area contributed by atoms with E-state index in [2.05, 4.69) is 27.5 Å². The molecule has 0 radical (unpaired) electrons. The van der Waals surface area contributed by atoms with Gasteiger partial charge in [0.1, 0.15) is 0 Å². The predicted octanol–water partition coefficient (Wildman–Crippen LogP) is 2.91. The molecule has 0 aliphatic carbocycles. The van der Waals surface area contributed by atoms with Crippen LogP contribution in [0.2, 0.25) is 0 Å². The number of hydrogen-bond donors (Lipinski definition) is 2. The van der Waals surface area contributed by atoms with Gasteiger partial charge in [0.25, 0.3) is 0 Å². The second-order valence-electron chi connectivity index (χ2n) is 3.95. The molecule has 0 atom stereocenters. The Balaban J connectivity index is 1.82. The summed E-state index contributed by atoms with van der Waals surface area (Å²) in [7, 11) is 0. The van der Waals surface area contributed by atoms with Crippen molar-refractivity contribution in [3.05, 3.63) is 48.4 Å². The number of aromatic nitrogens is 2. The highest BCUT2D eigenvalue weighted by Gasteiger charge is 2.02. The quantitative estimate of drug-likeness (QED) is 0.830. The topological polar surface area (TPSA) is 66.9 Å². The number of hydrogen-bond acceptors (Lipinski definition) is 4. The van der Waals surface area contributed by atoms with Crippen molar-refractivity contribution in [2.45, 2.75) is 18.5 Å². The van der Waals surface area contributed by atoms with Crippen molar-refractivity contribution in [3.63, 3.8) is 0 Å². The second kappa shape index (κ2) is 7.49. The summed E-state index contributed by atoms with van der Waals surface area (Å²) in [5.41, 5.74) is 1.49. The van der Waals surface area contributed by atoms with Gasteiger partial charge in [-0.15, -0.1) is 11.8 Å². The number of anilines is 1. The molecule has 0 fully saturated rings. The third-order valence-corrected chi connectivity index (χ3v) is 3.27. The number of pyridine rings is 2. The first-order chi connectivity index (χ1) is 9.78. The summed E-state index contributed by atoms with van der Waals surface area (Å²) in [4.78, 5) is 20.1. The van der Waals surface area contributed by atoms with Crippen LogP contribution < -0.4 is 10.6 Å². The zero-order chi connectivity index (χ0) is 14.2. The standard InChI is InChI=1S/C14H16N4OS/c1-2-20-13-7-6-12(10-16-13)18-14(19)17-9-11-5-3-4-8-15-11/h3-8,10H,2,9H2,1H3,(H2,17,18,19). The summed E-state index contributed by atoms with van der Waals surface area (Å²) >= 11 is 1.66. The lowest BCUT2D eigenvalue weighted by Crippen LogP contribution is -2.28. The van der Waals surface area contributed by atoms with Crippen LogP contribution >= 0.6 is 11.8 Å². The van der Waals surface area contributed by atoms with E-state index in [-0.39, 0.29) is 6.03 Å². The lowest BCUT2D eigenvalue weighted by Gasteiger charge is -2.07. The molecule has 2 heterocycles. The summed E-state index contributed by atoms with van der Waals surface area (Å²) in [5, 5.41) is 6.42. The Morgan fingerprint density at radius 2 is 2.15 bits per heavy atom. The molecule has 2 amide bonds. The van der Waals surface area contributed by atoms with Crippen LogP contribution in [0.15, 0.2) is 47.8 Å². The number of urea groups is 1. The molecule has 2 aromatic rings. The lowest BCUT2D eigenvalue weighted by atomic mass is 10.3. The van der Waals surface area contributed by atoms with Gasteiger partial charge in [-0.05, 0) is 30.0 Å². The Morgan fingerprint density at radius 1 is 1.25 bits per heavy atom. The maximum Gasteiger partial charge on any atom is 0.319 e. The van der Waals surface area contributed by atoms with E-state index in [0.29, 0.717) is 12.2 Å². The van der Waals surface area contributed by atoms with Gasteiger partial charge >= 0.3 is 6.03 Å². The molecule has 20 heavy (non-hydrogen) atoms. The van der Waals surface area contributed by atoms with E-state index in [1.807, 2.05) is 30.3 Å². The maximum absolute atomic E-state index is 11.7. The molecular weight excluding hydrogens is 272 g/mol. The summed E-state index contributed by atoms with van der Waals surface area (Å²) in [6.45, 7) is 2.47. The first-order valence-electron chi connectivity index (χ1n) is 6.31. The molecular formula is C14H16N4OS. The average molecular weight is 288 g/mol. The normalized spacial score (nSPS) is 10.1. The van der Waals surface area contributed by atoms with E-state index >= 15 is 0 Å². The minimum atomic E-state index is -0.270. The van der Waals surface area contributed by atoms with Gasteiger partial charge in [0.05, 0.1) is 29.1 Å². The molecule has 2 rings (SSSR count). The summed E-state index contributed by atoms with van der Waals surface area (Å²) in [6.07, 6.45) is 3.35. The van der Waals surface area contributed by atoms with Gasteiger partial charge in [0.15, 0.2) is 0 Å². The van der Waals surface area contributed by atoms with Crippen LogP contribution in [0.25, 0.3) is 0 Å². The number of carbonyl (C=O) groups is 1. The Kier molecular flexibility index (Phi) is 5.37. The number of carbonyl (C=O) groups excluding carboxylic acids is 1. The number of amides is 2. The fourth-order valence-electron chi connectivity index (χ4n) is 1.54. The SMILES string of the molecule is CCSc1ccc(NC(=O)NCc2ccccn2)cn1. The van der Waals surface area contributed by atoms with Gasteiger partial charge in [-0.1, -0.05) is 13.0 Å². The molecule has 0 bridgehead atoms. The van der Waals surface area contributed by atoms with Crippen LogP contribution in [0.4, 0.5) is 10.5 Å². The minimum Gasteiger partial charge on any atom is -0.332 e. The van der Waals surface area contributed by atoms with Gasteiger partial charge < -0.3 is 10.6 Å². The maximum atomic E-state index is 11.7. The van der Waals surface area contributed by atoms with E-state index in [1.165, 1.54) is 0 Å². The second-order valence-corrected chi connectivity index (χ2v) is 5.23. The Morgan fingerprint density at radius 3 is 2.80 bits per heavy atom. The monoisotopic (exact) mass is 288 g/mol.